The average molecular weight is 240 g/mol. The molecule has 0 saturated carbocycles. The zero-order valence-electron chi connectivity index (χ0n) is 9.93. The van der Waals surface area contributed by atoms with Gasteiger partial charge in [0.2, 0.25) is 0 Å². The fourth-order valence-corrected chi connectivity index (χ4v) is 1.81. The van der Waals surface area contributed by atoms with Gasteiger partial charge in [-0.05, 0) is 23.8 Å². The van der Waals surface area contributed by atoms with Crippen LogP contribution in [0.25, 0.3) is 17.0 Å². The molecule has 2 rings (SSSR count). The molecule has 0 aliphatic rings. The van der Waals surface area contributed by atoms with Crippen molar-refractivity contribution in [2.24, 2.45) is 0 Å². The summed E-state index contributed by atoms with van der Waals surface area (Å²) in [5.74, 6) is -0.366. The number of fused-ring (bicyclic) bond motifs is 1. The maximum absolute atomic E-state index is 11.7. The van der Waals surface area contributed by atoms with Crippen LogP contribution in [0.4, 0.5) is 0 Å². The molecule has 0 amide bonds. The number of rotatable bonds is 3. The lowest BCUT2D eigenvalue weighted by molar-refractivity contribution is 0.0603. The highest BCUT2D eigenvalue weighted by molar-refractivity contribution is 6.04. The van der Waals surface area contributed by atoms with E-state index in [1.54, 1.807) is 18.3 Å². The first-order valence-electron chi connectivity index (χ1n) is 5.49. The molecular weight excluding hydrogens is 228 g/mol. The summed E-state index contributed by atoms with van der Waals surface area (Å²) in [7, 11) is 1.36. The van der Waals surface area contributed by atoms with E-state index in [2.05, 4.69) is 4.98 Å². The van der Waals surface area contributed by atoms with Gasteiger partial charge in [-0.2, -0.15) is 5.26 Å². The molecular formula is C14H12N2O2. The quantitative estimate of drug-likeness (QED) is 0.839. The Morgan fingerprint density at radius 1 is 1.56 bits per heavy atom. The molecule has 0 aliphatic heterocycles. The van der Waals surface area contributed by atoms with E-state index in [1.807, 2.05) is 24.3 Å². The van der Waals surface area contributed by atoms with Gasteiger partial charge in [0.15, 0.2) is 0 Å². The molecule has 4 heteroatoms. The number of carbonyl (C=O) groups is 1. The maximum atomic E-state index is 11.7. The van der Waals surface area contributed by atoms with E-state index in [9.17, 15) is 4.79 Å². The summed E-state index contributed by atoms with van der Waals surface area (Å²) >= 11 is 0. The minimum Gasteiger partial charge on any atom is -0.465 e. The minimum atomic E-state index is -0.366. The van der Waals surface area contributed by atoms with E-state index >= 15 is 0 Å². The Morgan fingerprint density at radius 2 is 2.39 bits per heavy atom. The molecule has 0 spiro atoms. The summed E-state index contributed by atoms with van der Waals surface area (Å²) < 4.78 is 4.77. The lowest BCUT2D eigenvalue weighted by Crippen LogP contribution is -2.02. The maximum Gasteiger partial charge on any atom is 0.338 e. The summed E-state index contributed by atoms with van der Waals surface area (Å²) in [5.41, 5.74) is 2.25. The Morgan fingerprint density at radius 3 is 3.11 bits per heavy atom. The van der Waals surface area contributed by atoms with Gasteiger partial charge in [-0.15, -0.1) is 0 Å². The largest absolute Gasteiger partial charge is 0.465 e. The molecule has 0 radical (unpaired) electrons. The first kappa shape index (κ1) is 11.9. The lowest BCUT2D eigenvalue weighted by Gasteiger charge is -2.03. The van der Waals surface area contributed by atoms with Gasteiger partial charge in [-0.3, -0.25) is 0 Å². The van der Waals surface area contributed by atoms with Crippen LogP contribution < -0.4 is 0 Å². The van der Waals surface area contributed by atoms with Crippen LogP contribution in [0.2, 0.25) is 0 Å². The van der Waals surface area contributed by atoms with Gasteiger partial charge < -0.3 is 9.72 Å². The highest BCUT2D eigenvalue weighted by Gasteiger charge is 2.11. The molecule has 1 N–H and O–H groups in total. The highest BCUT2D eigenvalue weighted by atomic mass is 16.5. The molecule has 0 fully saturated rings. The molecule has 18 heavy (non-hydrogen) atoms. The standard InChI is InChI=1S/C14H12N2O2/c1-18-14(17)12-8-10(4-2-3-6-15)9-13-11(12)5-7-16-13/h2,4-5,7-9,16H,3H2,1H3. The van der Waals surface area contributed by atoms with Crippen LogP contribution >= 0.6 is 0 Å². The summed E-state index contributed by atoms with van der Waals surface area (Å²) in [6, 6.07) is 7.56. The zero-order chi connectivity index (χ0) is 13.0. The number of aromatic nitrogens is 1. The number of nitrogens with zero attached hydrogens (tertiary/aromatic N) is 1. The number of aromatic amines is 1. The number of carbonyl (C=O) groups excluding carboxylic acids is 1. The molecule has 0 aliphatic carbocycles. The third-order valence-electron chi connectivity index (χ3n) is 2.62. The first-order chi connectivity index (χ1) is 8.76. The summed E-state index contributed by atoms with van der Waals surface area (Å²) in [4.78, 5) is 14.8. The van der Waals surface area contributed by atoms with Crippen LogP contribution in [0.1, 0.15) is 22.3 Å². The zero-order valence-corrected chi connectivity index (χ0v) is 9.93. The van der Waals surface area contributed by atoms with Crippen molar-refractivity contribution < 1.29 is 9.53 Å². The average Bonchev–Trinajstić information content (AvgIpc) is 2.85. The van der Waals surface area contributed by atoms with Crippen LogP contribution in [0, 0.1) is 11.3 Å². The lowest BCUT2D eigenvalue weighted by atomic mass is 10.1. The predicted molar refractivity (Wildman–Crippen MR) is 68.9 cm³/mol. The molecule has 1 aromatic heterocycles. The van der Waals surface area contributed by atoms with Crippen molar-refractivity contribution in [1.29, 1.82) is 5.26 Å². The number of hydrogen-bond donors (Lipinski definition) is 1. The summed E-state index contributed by atoms with van der Waals surface area (Å²) in [6.07, 6.45) is 5.69. The number of nitrogens with one attached hydrogen (secondary N) is 1. The molecule has 0 atom stereocenters. The van der Waals surface area contributed by atoms with Crippen molar-refractivity contribution in [3.8, 4) is 6.07 Å². The second kappa shape index (κ2) is 5.19. The molecule has 0 saturated heterocycles. The number of methoxy groups -OCH3 is 1. The van der Waals surface area contributed by atoms with Crippen molar-refractivity contribution in [1.82, 2.24) is 4.98 Å². The topological polar surface area (TPSA) is 65.9 Å². The van der Waals surface area contributed by atoms with Gasteiger partial charge in [0, 0.05) is 17.1 Å². The van der Waals surface area contributed by atoms with Gasteiger partial charge in [-0.1, -0.05) is 12.2 Å². The normalized spacial score (nSPS) is 10.7. The van der Waals surface area contributed by atoms with Crippen LogP contribution in [0.15, 0.2) is 30.5 Å². The number of hydrogen-bond acceptors (Lipinski definition) is 3. The second-order valence-electron chi connectivity index (χ2n) is 3.76. The third kappa shape index (κ3) is 2.25. The van der Waals surface area contributed by atoms with E-state index in [0.29, 0.717) is 12.0 Å². The number of esters is 1. The monoisotopic (exact) mass is 240 g/mol. The number of H-pyrrole nitrogens is 1. The predicted octanol–water partition coefficient (Wildman–Crippen LogP) is 2.88. The Kier molecular flexibility index (Phi) is 3.44. The number of nitriles is 1. The third-order valence-corrected chi connectivity index (χ3v) is 2.62. The van der Waals surface area contributed by atoms with Crippen molar-refractivity contribution in [3.63, 3.8) is 0 Å². The summed E-state index contributed by atoms with van der Waals surface area (Å²) in [5, 5.41) is 9.31. The Bertz CT molecular complexity index is 647. The van der Waals surface area contributed by atoms with Crippen LogP contribution in [0.5, 0.6) is 0 Å². The molecule has 2 aromatic rings. The fraction of sp³-hybridized carbons (Fsp3) is 0.143. The van der Waals surface area contributed by atoms with Crippen molar-refractivity contribution in [2.75, 3.05) is 7.11 Å². The minimum absolute atomic E-state index is 0.344. The number of ether oxygens (including phenoxy) is 1. The van der Waals surface area contributed by atoms with E-state index in [4.69, 9.17) is 10.00 Å². The van der Waals surface area contributed by atoms with E-state index in [1.165, 1.54) is 7.11 Å². The van der Waals surface area contributed by atoms with E-state index in [0.717, 1.165) is 16.5 Å². The molecule has 1 heterocycles. The number of allylic oxidation sites excluding steroid dienone is 1. The van der Waals surface area contributed by atoms with Gasteiger partial charge in [0.1, 0.15) is 0 Å². The van der Waals surface area contributed by atoms with Crippen molar-refractivity contribution in [2.45, 2.75) is 6.42 Å². The SMILES string of the molecule is COC(=O)c1cc(C=CCC#N)cc2[nH]ccc12. The van der Waals surface area contributed by atoms with E-state index in [-0.39, 0.29) is 5.97 Å². The Labute approximate surface area is 104 Å². The first-order valence-corrected chi connectivity index (χ1v) is 5.49. The number of benzene rings is 1. The summed E-state index contributed by atoms with van der Waals surface area (Å²) in [6.45, 7) is 0. The van der Waals surface area contributed by atoms with E-state index < -0.39 is 0 Å². The van der Waals surface area contributed by atoms with Crippen molar-refractivity contribution in [3.05, 3.63) is 41.6 Å². The fourth-order valence-electron chi connectivity index (χ4n) is 1.81. The smallest absolute Gasteiger partial charge is 0.338 e. The van der Waals surface area contributed by atoms with Gasteiger partial charge in [0.05, 0.1) is 25.2 Å². The molecule has 0 bridgehead atoms. The van der Waals surface area contributed by atoms with Crippen LogP contribution in [0.3, 0.4) is 0 Å². The van der Waals surface area contributed by atoms with Crippen molar-refractivity contribution >= 4 is 22.9 Å². The molecule has 90 valence electrons. The molecule has 0 unspecified atom stereocenters. The van der Waals surface area contributed by atoms with Gasteiger partial charge >= 0.3 is 5.97 Å². The Hall–Kier alpha value is -2.54. The Balaban J connectivity index is 2.51. The van der Waals surface area contributed by atoms with Crippen LogP contribution in [-0.2, 0) is 4.74 Å². The molecule has 1 aromatic carbocycles. The highest BCUT2D eigenvalue weighted by Crippen LogP contribution is 2.22. The van der Waals surface area contributed by atoms with Crippen LogP contribution in [-0.4, -0.2) is 18.1 Å². The molecule has 4 nitrogen and oxygen atoms in total. The van der Waals surface area contributed by atoms with Gasteiger partial charge in [-0.25, -0.2) is 4.79 Å². The second-order valence-corrected chi connectivity index (χ2v) is 3.76. The van der Waals surface area contributed by atoms with Gasteiger partial charge in [0.25, 0.3) is 0 Å².